The first-order valence-electron chi connectivity index (χ1n) is 9.85. The molecule has 0 atom stereocenters. The van der Waals surface area contributed by atoms with Gasteiger partial charge in [-0.05, 0) is 59.2 Å². The van der Waals surface area contributed by atoms with Gasteiger partial charge in [0.05, 0.1) is 16.7 Å². The van der Waals surface area contributed by atoms with E-state index in [0.29, 0.717) is 12.1 Å². The van der Waals surface area contributed by atoms with Gasteiger partial charge in [-0.25, -0.2) is 4.98 Å². The third-order valence-corrected chi connectivity index (χ3v) is 5.06. The zero-order chi connectivity index (χ0) is 18.5. The maximum atomic E-state index is 4.80. The maximum Gasteiger partial charge on any atom is 0.0730 e. The van der Waals surface area contributed by atoms with Crippen LogP contribution < -0.4 is 5.32 Å². The molecule has 138 valence electrons. The van der Waals surface area contributed by atoms with Gasteiger partial charge in [-0.1, -0.05) is 36.4 Å². The molecule has 3 aromatic rings. The molecule has 0 spiro atoms. The lowest BCUT2D eigenvalue weighted by Gasteiger charge is -2.30. The Hall–Kier alpha value is -2.13. The van der Waals surface area contributed by atoms with Crippen LogP contribution in [0.25, 0.3) is 21.8 Å². The van der Waals surface area contributed by atoms with Crippen molar-refractivity contribution in [3.8, 4) is 0 Å². The number of anilines is 1. The summed E-state index contributed by atoms with van der Waals surface area (Å²) >= 11 is 0. The normalized spacial score (nSPS) is 12.0. The summed E-state index contributed by atoms with van der Waals surface area (Å²) in [5.74, 6) is 0. The van der Waals surface area contributed by atoms with E-state index in [1.165, 1.54) is 29.3 Å². The highest BCUT2D eigenvalue weighted by Gasteiger charge is 2.12. The molecular weight excluding hydrogens is 318 g/mol. The first kappa shape index (κ1) is 18.7. The molecule has 1 aromatic heterocycles. The molecule has 26 heavy (non-hydrogen) atoms. The molecule has 1 heterocycles. The molecule has 0 unspecified atom stereocenters. The summed E-state index contributed by atoms with van der Waals surface area (Å²) in [6.07, 6.45) is 2.38. The van der Waals surface area contributed by atoms with Crippen LogP contribution in [0.2, 0.25) is 0 Å². The second-order valence-electron chi connectivity index (χ2n) is 7.58. The number of fused-ring (bicyclic) bond motifs is 2. The summed E-state index contributed by atoms with van der Waals surface area (Å²) in [4.78, 5) is 7.36. The van der Waals surface area contributed by atoms with Crippen molar-refractivity contribution >= 4 is 27.5 Å². The predicted octanol–water partition coefficient (Wildman–Crippen LogP) is 5.70. The molecule has 2 aromatic carbocycles. The number of nitrogens with one attached hydrogen (secondary N) is 1. The fourth-order valence-electron chi connectivity index (χ4n) is 3.78. The van der Waals surface area contributed by atoms with Gasteiger partial charge in [-0.15, -0.1) is 0 Å². The minimum Gasteiger partial charge on any atom is -0.384 e. The molecule has 0 saturated heterocycles. The maximum absolute atomic E-state index is 4.80. The Morgan fingerprint density at radius 3 is 1.88 bits per heavy atom. The number of benzene rings is 2. The molecule has 0 fully saturated rings. The smallest absolute Gasteiger partial charge is 0.0730 e. The Morgan fingerprint density at radius 2 is 1.35 bits per heavy atom. The van der Waals surface area contributed by atoms with Gasteiger partial charge in [0.15, 0.2) is 0 Å². The lowest BCUT2D eigenvalue weighted by Crippen LogP contribution is -2.37. The number of para-hydroxylation sites is 2. The van der Waals surface area contributed by atoms with Crippen molar-refractivity contribution in [1.29, 1.82) is 0 Å². The molecule has 0 aliphatic carbocycles. The lowest BCUT2D eigenvalue weighted by molar-refractivity contribution is 0.172. The lowest BCUT2D eigenvalue weighted by atomic mass is 10.1. The molecule has 0 bridgehead atoms. The van der Waals surface area contributed by atoms with E-state index in [0.717, 1.165) is 24.1 Å². The Morgan fingerprint density at radius 1 is 0.808 bits per heavy atom. The van der Waals surface area contributed by atoms with Crippen LogP contribution in [-0.2, 0) is 0 Å². The van der Waals surface area contributed by atoms with Crippen LogP contribution in [0.1, 0.15) is 40.5 Å². The fraction of sp³-hybridized carbons (Fsp3) is 0.435. The van der Waals surface area contributed by atoms with E-state index in [2.05, 4.69) is 86.4 Å². The highest BCUT2D eigenvalue weighted by molar-refractivity contribution is 6.07. The van der Waals surface area contributed by atoms with Crippen LogP contribution in [0.4, 0.5) is 5.69 Å². The van der Waals surface area contributed by atoms with Crippen LogP contribution in [0.5, 0.6) is 0 Å². The number of aromatic nitrogens is 1. The molecule has 3 heteroatoms. The van der Waals surface area contributed by atoms with Crippen molar-refractivity contribution in [2.75, 3.05) is 18.4 Å². The van der Waals surface area contributed by atoms with Gasteiger partial charge in [0.2, 0.25) is 0 Å². The molecule has 0 amide bonds. The minimum absolute atomic E-state index is 0.607. The first-order valence-corrected chi connectivity index (χ1v) is 9.85. The number of rotatable bonds is 8. The van der Waals surface area contributed by atoms with E-state index in [1.807, 2.05) is 0 Å². The topological polar surface area (TPSA) is 28.2 Å². The quantitative estimate of drug-likeness (QED) is 0.418. The largest absolute Gasteiger partial charge is 0.384 e. The van der Waals surface area contributed by atoms with E-state index in [-0.39, 0.29) is 0 Å². The molecule has 3 rings (SSSR count). The van der Waals surface area contributed by atoms with Crippen LogP contribution in [0.15, 0.2) is 48.5 Å². The number of hydrogen-bond acceptors (Lipinski definition) is 3. The van der Waals surface area contributed by atoms with Crippen molar-refractivity contribution < 1.29 is 0 Å². The van der Waals surface area contributed by atoms with E-state index >= 15 is 0 Å². The second kappa shape index (κ2) is 8.50. The first-order chi connectivity index (χ1) is 12.6. The highest BCUT2D eigenvalue weighted by atomic mass is 15.2. The summed E-state index contributed by atoms with van der Waals surface area (Å²) in [6, 6.07) is 18.0. The van der Waals surface area contributed by atoms with E-state index in [1.54, 1.807) is 0 Å². The summed E-state index contributed by atoms with van der Waals surface area (Å²) in [5, 5.41) is 6.12. The van der Waals surface area contributed by atoms with Crippen molar-refractivity contribution in [2.45, 2.75) is 52.6 Å². The summed E-state index contributed by atoms with van der Waals surface area (Å²) in [7, 11) is 0. The fourth-order valence-corrected chi connectivity index (χ4v) is 3.78. The van der Waals surface area contributed by atoms with Crippen molar-refractivity contribution in [1.82, 2.24) is 9.88 Å². The van der Waals surface area contributed by atoms with E-state index in [4.69, 9.17) is 4.98 Å². The summed E-state index contributed by atoms with van der Waals surface area (Å²) in [6.45, 7) is 11.3. The van der Waals surface area contributed by atoms with E-state index in [9.17, 15) is 0 Å². The van der Waals surface area contributed by atoms with Gasteiger partial charge in [0.1, 0.15) is 0 Å². The van der Waals surface area contributed by atoms with Gasteiger partial charge in [-0.2, -0.15) is 0 Å². The van der Waals surface area contributed by atoms with Crippen LogP contribution in [0.3, 0.4) is 0 Å². The van der Waals surface area contributed by atoms with Gasteiger partial charge in [-0.3, -0.25) is 4.90 Å². The Kier molecular flexibility index (Phi) is 6.10. The molecule has 0 saturated carbocycles. The highest BCUT2D eigenvalue weighted by Crippen LogP contribution is 2.30. The SMILES string of the molecule is CC(C)N(CCCCNc1c2ccccc2nc2ccccc12)C(C)C. The zero-order valence-corrected chi connectivity index (χ0v) is 16.5. The molecule has 0 aliphatic rings. The van der Waals surface area contributed by atoms with Crippen LogP contribution in [-0.4, -0.2) is 35.1 Å². The molecule has 0 aliphatic heterocycles. The summed E-state index contributed by atoms with van der Waals surface area (Å²) in [5.41, 5.74) is 3.33. The second-order valence-corrected chi connectivity index (χ2v) is 7.58. The van der Waals surface area contributed by atoms with Crippen molar-refractivity contribution in [3.63, 3.8) is 0 Å². The average molecular weight is 350 g/mol. The molecular formula is C23H31N3. The van der Waals surface area contributed by atoms with Crippen LogP contribution in [0, 0.1) is 0 Å². The summed E-state index contributed by atoms with van der Waals surface area (Å²) < 4.78 is 0. The standard InChI is InChI=1S/C23H31N3/c1-17(2)26(18(3)4)16-10-9-15-24-23-19-11-5-7-13-21(19)25-22-14-8-6-12-20(22)23/h5-8,11-14,17-18H,9-10,15-16H2,1-4H3,(H,24,25). The number of hydrogen-bond donors (Lipinski definition) is 1. The Labute approximate surface area is 157 Å². The van der Waals surface area contributed by atoms with Gasteiger partial charge < -0.3 is 5.32 Å². The van der Waals surface area contributed by atoms with E-state index < -0.39 is 0 Å². The van der Waals surface area contributed by atoms with Gasteiger partial charge in [0, 0.05) is 29.4 Å². The number of pyridine rings is 1. The van der Waals surface area contributed by atoms with Crippen molar-refractivity contribution in [2.24, 2.45) is 0 Å². The Bertz CT molecular complexity index is 792. The third-order valence-electron chi connectivity index (χ3n) is 5.06. The third kappa shape index (κ3) is 4.16. The number of unbranched alkanes of at least 4 members (excludes halogenated alkanes) is 1. The molecule has 3 nitrogen and oxygen atoms in total. The number of nitrogens with zero attached hydrogens (tertiary/aromatic N) is 2. The Balaban J connectivity index is 1.70. The van der Waals surface area contributed by atoms with Crippen LogP contribution >= 0.6 is 0 Å². The predicted molar refractivity (Wildman–Crippen MR) is 114 cm³/mol. The van der Waals surface area contributed by atoms with Gasteiger partial charge in [0.25, 0.3) is 0 Å². The zero-order valence-electron chi connectivity index (χ0n) is 16.5. The van der Waals surface area contributed by atoms with Crippen molar-refractivity contribution in [3.05, 3.63) is 48.5 Å². The molecule has 0 radical (unpaired) electrons. The average Bonchev–Trinajstić information content (AvgIpc) is 2.63. The van der Waals surface area contributed by atoms with Gasteiger partial charge >= 0.3 is 0 Å². The minimum atomic E-state index is 0.607. The molecule has 1 N–H and O–H groups in total. The monoisotopic (exact) mass is 349 g/mol.